The van der Waals surface area contributed by atoms with Crippen molar-refractivity contribution >= 4 is 29.3 Å². The molecule has 4 rings (SSSR count). The molecule has 122 valence electrons. The highest BCUT2D eigenvalue weighted by atomic mass is 32.2. The summed E-state index contributed by atoms with van der Waals surface area (Å²) in [6.07, 6.45) is 3.93. The normalized spacial score (nSPS) is 27.0. The SMILES string of the molecule is O=C1CCSc2ccc(C(=O)N3CCC4CCC(C3)N4)cc2N1. The quantitative estimate of drug-likeness (QED) is 0.827. The highest BCUT2D eigenvalue weighted by Crippen LogP contribution is 2.32. The van der Waals surface area contributed by atoms with Gasteiger partial charge in [0.25, 0.3) is 5.91 Å². The molecule has 2 bridgehead atoms. The Bertz CT molecular complexity index is 649. The summed E-state index contributed by atoms with van der Waals surface area (Å²) in [6, 6.07) is 6.69. The topological polar surface area (TPSA) is 61.4 Å². The van der Waals surface area contributed by atoms with Crippen LogP contribution in [0, 0.1) is 0 Å². The fourth-order valence-electron chi connectivity index (χ4n) is 3.66. The van der Waals surface area contributed by atoms with Crippen LogP contribution in [0.2, 0.25) is 0 Å². The maximum atomic E-state index is 12.9. The molecule has 6 heteroatoms. The van der Waals surface area contributed by atoms with Gasteiger partial charge in [-0.2, -0.15) is 0 Å². The van der Waals surface area contributed by atoms with Gasteiger partial charge in [0.1, 0.15) is 0 Å². The van der Waals surface area contributed by atoms with Gasteiger partial charge in [0.2, 0.25) is 5.91 Å². The molecule has 2 atom stereocenters. The minimum Gasteiger partial charge on any atom is -0.337 e. The summed E-state index contributed by atoms with van der Waals surface area (Å²) in [5, 5.41) is 6.52. The Hall–Kier alpha value is -1.53. The maximum Gasteiger partial charge on any atom is 0.253 e. The van der Waals surface area contributed by atoms with Gasteiger partial charge in [-0.25, -0.2) is 0 Å². The van der Waals surface area contributed by atoms with Crippen molar-refractivity contribution in [1.82, 2.24) is 10.2 Å². The molecule has 3 aliphatic heterocycles. The van der Waals surface area contributed by atoms with Gasteiger partial charge in [-0.3, -0.25) is 9.59 Å². The molecule has 0 radical (unpaired) electrons. The Balaban J connectivity index is 1.55. The number of likely N-dealkylation sites (tertiary alicyclic amines) is 1. The van der Waals surface area contributed by atoms with Gasteiger partial charge in [-0.1, -0.05) is 0 Å². The summed E-state index contributed by atoms with van der Waals surface area (Å²) >= 11 is 1.66. The van der Waals surface area contributed by atoms with Gasteiger partial charge in [-0.05, 0) is 37.5 Å². The Morgan fingerprint density at radius 3 is 3.00 bits per heavy atom. The van der Waals surface area contributed by atoms with Crippen LogP contribution in [0.4, 0.5) is 5.69 Å². The van der Waals surface area contributed by atoms with Crippen molar-refractivity contribution in [2.75, 3.05) is 24.2 Å². The van der Waals surface area contributed by atoms with E-state index < -0.39 is 0 Å². The number of nitrogens with zero attached hydrogens (tertiary/aromatic N) is 1. The molecular weight excluding hydrogens is 310 g/mol. The van der Waals surface area contributed by atoms with Crippen molar-refractivity contribution < 1.29 is 9.59 Å². The minimum atomic E-state index is 0.0251. The molecular formula is C17H21N3O2S. The number of hydrogen-bond acceptors (Lipinski definition) is 4. The Morgan fingerprint density at radius 2 is 2.09 bits per heavy atom. The number of carbonyl (C=O) groups excluding carboxylic acids is 2. The van der Waals surface area contributed by atoms with Crippen LogP contribution >= 0.6 is 11.8 Å². The average Bonchev–Trinajstić information content (AvgIpc) is 2.75. The van der Waals surface area contributed by atoms with E-state index in [1.807, 2.05) is 23.1 Å². The lowest BCUT2D eigenvalue weighted by molar-refractivity contribution is -0.115. The Labute approximate surface area is 140 Å². The van der Waals surface area contributed by atoms with Crippen LogP contribution in [0.25, 0.3) is 0 Å². The first-order valence-electron chi connectivity index (χ1n) is 8.31. The van der Waals surface area contributed by atoms with Gasteiger partial charge < -0.3 is 15.5 Å². The van der Waals surface area contributed by atoms with Crippen LogP contribution in [-0.4, -0.2) is 47.6 Å². The number of fused-ring (bicyclic) bond motifs is 3. The number of hydrogen-bond donors (Lipinski definition) is 2. The Morgan fingerprint density at radius 1 is 1.22 bits per heavy atom. The highest BCUT2D eigenvalue weighted by molar-refractivity contribution is 7.99. The van der Waals surface area contributed by atoms with Crippen LogP contribution in [0.5, 0.6) is 0 Å². The molecule has 1 aromatic carbocycles. The molecule has 2 amide bonds. The molecule has 2 saturated heterocycles. The molecule has 0 aromatic heterocycles. The van der Waals surface area contributed by atoms with Crippen LogP contribution in [0.15, 0.2) is 23.1 Å². The van der Waals surface area contributed by atoms with Gasteiger partial charge >= 0.3 is 0 Å². The van der Waals surface area contributed by atoms with Crippen molar-refractivity contribution in [3.8, 4) is 0 Å². The zero-order valence-electron chi connectivity index (χ0n) is 13.0. The average molecular weight is 331 g/mol. The molecule has 0 spiro atoms. The van der Waals surface area contributed by atoms with Crippen molar-refractivity contribution in [2.24, 2.45) is 0 Å². The predicted octanol–water partition coefficient (Wildman–Crippen LogP) is 2.09. The second kappa shape index (κ2) is 6.17. The lowest BCUT2D eigenvalue weighted by Gasteiger charge is -2.24. The van der Waals surface area contributed by atoms with E-state index in [2.05, 4.69) is 10.6 Å². The fraction of sp³-hybridized carbons (Fsp3) is 0.529. The fourth-order valence-corrected chi connectivity index (χ4v) is 4.60. The van der Waals surface area contributed by atoms with Gasteiger partial charge in [0, 0.05) is 47.8 Å². The lowest BCUT2D eigenvalue weighted by Crippen LogP contribution is -2.39. The smallest absolute Gasteiger partial charge is 0.253 e. The van der Waals surface area contributed by atoms with Crippen molar-refractivity contribution in [2.45, 2.75) is 42.7 Å². The first-order valence-corrected chi connectivity index (χ1v) is 9.29. The largest absolute Gasteiger partial charge is 0.337 e. The monoisotopic (exact) mass is 331 g/mol. The molecule has 0 aliphatic carbocycles. The third-order valence-corrected chi connectivity index (χ3v) is 5.97. The van der Waals surface area contributed by atoms with E-state index >= 15 is 0 Å². The predicted molar refractivity (Wildman–Crippen MR) is 90.9 cm³/mol. The van der Waals surface area contributed by atoms with Crippen molar-refractivity contribution in [1.29, 1.82) is 0 Å². The minimum absolute atomic E-state index is 0.0251. The van der Waals surface area contributed by atoms with E-state index in [0.717, 1.165) is 42.3 Å². The molecule has 5 nitrogen and oxygen atoms in total. The summed E-state index contributed by atoms with van der Waals surface area (Å²) in [7, 11) is 0. The first kappa shape index (κ1) is 15.0. The van der Waals surface area contributed by atoms with E-state index in [1.54, 1.807) is 11.8 Å². The molecule has 3 heterocycles. The second-order valence-corrected chi connectivity index (χ2v) is 7.67. The number of carbonyl (C=O) groups is 2. The molecule has 2 unspecified atom stereocenters. The molecule has 23 heavy (non-hydrogen) atoms. The summed E-state index contributed by atoms with van der Waals surface area (Å²) in [5.74, 6) is 0.885. The van der Waals surface area contributed by atoms with E-state index in [9.17, 15) is 9.59 Å². The molecule has 2 fully saturated rings. The van der Waals surface area contributed by atoms with E-state index in [4.69, 9.17) is 0 Å². The summed E-state index contributed by atoms with van der Waals surface area (Å²) in [6.45, 7) is 1.60. The zero-order valence-corrected chi connectivity index (χ0v) is 13.8. The molecule has 3 aliphatic rings. The Kier molecular flexibility index (Phi) is 4.03. The lowest BCUT2D eigenvalue weighted by atomic mass is 10.1. The molecule has 2 N–H and O–H groups in total. The summed E-state index contributed by atoms with van der Waals surface area (Å²) in [5.41, 5.74) is 1.45. The van der Waals surface area contributed by atoms with E-state index in [-0.39, 0.29) is 11.8 Å². The van der Waals surface area contributed by atoms with Crippen LogP contribution in [0.3, 0.4) is 0 Å². The van der Waals surface area contributed by atoms with Crippen molar-refractivity contribution in [3.05, 3.63) is 23.8 Å². The maximum absolute atomic E-state index is 12.9. The number of amides is 2. The van der Waals surface area contributed by atoms with Crippen LogP contribution < -0.4 is 10.6 Å². The van der Waals surface area contributed by atoms with Crippen LogP contribution in [0.1, 0.15) is 36.0 Å². The highest BCUT2D eigenvalue weighted by Gasteiger charge is 2.31. The number of benzene rings is 1. The summed E-state index contributed by atoms with van der Waals surface area (Å²) < 4.78 is 0. The zero-order chi connectivity index (χ0) is 15.8. The standard InChI is InChI=1S/C17H21N3O2S/c21-16-6-8-23-15-4-1-11(9-14(15)19-16)17(22)20-7-5-12-2-3-13(10-20)18-12/h1,4,9,12-13,18H,2-3,5-8,10H2,(H,19,21). The van der Waals surface area contributed by atoms with Crippen molar-refractivity contribution in [3.63, 3.8) is 0 Å². The second-order valence-electron chi connectivity index (χ2n) is 6.54. The van der Waals surface area contributed by atoms with E-state index in [1.165, 1.54) is 6.42 Å². The van der Waals surface area contributed by atoms with Gasteiger partial charge in [0.15, 0.2) is 0 Å². The number of thioether (sulfide) groups is 1. The third-order valence-electron chi connectivity index (χ3n) is 4.90. The van der Waals surface area contributed by atoms with Gasteiger partial charge in [-0.15, -0.1) is 11.8 Å². The van der Waals surface area contributed by atoms with Crippen LogP contribution in [-0.2, 0) is 4.79 Å². The third kappa shape index (κ3) is 3.10. The molecule has 0 saturated carbocycles. The molecule has 1 aromatic rings. The number of anilines is 1. The van der Waals surface area contributed by atoms with Gasteiger partial charge in [0.05, 0.1) is 5.69 Å². The first-order chi connectivity index (χ1) is 11.2. The number of rotatable bonds is 1. The summed E-state index contributed by atoms with van der Waals surface area (Å²) in [4.78, 5) is 27.6. The van der Waals surface area contributed by atoms with E-state index in [0.29, 0.717) is 24.1 Å². The number of nitrogens with one attached hydrogen (secondary N) is 2.